The molecule has 3 N–H and O–H groups in total. The molecule has 2 aliphatic rings. The van der Waals surface area contributed by atoms with Crippen LogP contribution in [-0.4, -0.2) is 44.1 Å². The number of aryl methyl sites for hydroxylation is 1. The van der Waals surface area contributed by atoms with Crippen molar-refractivity contribution in [2.75, 3.05) is 0 Å². The van der Waals surface area contributed by atoms with E-state index in [0.717, 1.165) is 16.5 Å². The van der Waals surface area contributed by atoms with Gasteiger partial charge in [0, 0.05) is 22.1 Å². The summed E-state index contributed by atoms with van der Waals surface area (Å²) in [7, 11) is -1.74. The van der Waals surface area contributed by atoms with E-state index < -0.39 is 18.7 Å². The Morgan fingerprint density at radius 3 is 2.63 bits per heavy atom. The predicted molar refractivity (Wildman–Crippen MR) is 150 cm³/mol. The molecule has 2 aromatic carbocycles. The van der Waals surface area contributed by atoms with Crippen molar-refractivity contribution in [1.82, 2.24) is 9.55 Å². The van der Waals surface area contributed by atoms with Crippen LogP contribution in [0.3, 0.4) is 0 Å². The van der Waals surface area contributed by atoms with Crippen LogP contribution in [0.1, 0.15) is 58.4 Å². The molecule has 0 saturated carbocycles. The van der Waals surface area contributed by atoms with Crippen LogP contribution in [0.25, 0.3) is 22.3 Å². The van der Waals surface area contributed by atoms with E-state index in [4.69, 9.17) is 14.5 Å². The maximum absolute atomic E-state index is 13.5. The molecular weight excluding hydrogens is 527 g/mol. The van der Waals surface area contributed by atoms with E-state index in [-0.39, 0.29) is 47.3 Å². The fourth-order valence-electron chi connectivity index (χ4n) is 5.85. The van der Waals surface area contributed by atoms with Crippen molar-refractivity contribution in [2.24, 2.45) is 0 Å². The summed E-state index contributed by atoms with van der Waals surface area (Å²) >= 11 is 0. The van der Waals surface area contributed by atoms with E-state index in [0.29, 0.717) is 47.5 Å². The largest absolute Gasteiger partial charge is 0.489 e. The lowest BCUT2D eigenvalue weighted by Gasteiger charge is -2.31. The first-order valence-electron chi connectivity index (χ1n) is 13.4. The first kappa shape index (κ1) is 26.9. The Kier molecular flexibility index (Phi) is 6.52. The van der Waals surface area contributed by atoms with Crippen LogP contribution < -0.4 is 15.8 Å². The second-order valence-electron chi connectivity index (χ2n) is 10.3. The van der Waals surface area contributed by atoms with Gasteiger partial charge in [-0.15, -0.1) is 0 Å². The lowest BCUT2D eigenvalue weighted by Crippen LogP contribution is -2.44. The minimum atomic E-state index is -1.88. The second kappa shape index (κ2) is 9.95. The van der Waals surface area contributed by atoms with E-state index in [1.807, 2.05) is 19.1 Å². The number of nitrogens with zero attached hydrogens (tertiary/aromatic N) is 2. The van der Waals surface area contributed by atoms with Crippen LogP contribution in [-0.2, 0) is 41.3 Å². The van der Waals surface area contributed by atoms with Gasteiger partial charge in [0.05, 0.1) is 29.0 Å². The van der Waals surface area contributed by atoms with Crippen molar-refractivity contribution in [3.8, 4) is 17.1 Å². The minimum Gasteiger partial charge on any atom is -0.489 e. The molecule has 2 aromatic heterocycles. The molecule has 10 nitrogen and oxygen atoms in total. The SMILES string of the molecule is CCc1c2c(nc3ccc(OCc4ccc(B(O)O)c(C=O)c4)cc13)-c1cc3c(c(=O)n1C2)COC(=O)[C@]3(O)CC. The molecule has 4 heterocycles. The van der Waals surface area contributed by atoms with Crippen molar-refractivity contribution in [1.29, 1.82) is 0 Å². The normalized spacial score (nSPS) is 17.0. The van der Waals surface area contributed by atoms with E-state index in [2.05, 4.69) is 0 Å². The molecule has 0 fully saturated rings. The van der Waals surface area contributed by atoms with Crippen molar-refractivity contribution in [3.05, 3.63) is 86.2 Å². The lowest BCUT2D eigenvalue weighted by atomic mass is 9.77. The number of esters is 1. The highest BCUT2D eigenvalue weighted by Gasteiger charge is 2.45. The van der Waals surface area contributed by atoms with Crippen molar-refractivity contribution in [3.63, 3.8) is 0 Å². The number of cyclic esters (lactones) is 1. The molecule has 0 radical (unpaired) electrons. The number of pyridine rings is 2. The zero-order valence-electron chi connectivity index (χ0n) is 22.5. The van der Waals surface area contributed by atoms with Gasteiger partial charge in [0.1, 0.15) is 25.2 Å². The summed E-state index contributed by atoms with van der Waals surface area (Å²) < 4.78 is 12.8. The van der Waals surface area contributed by atoms with Crippen molar-refractivity contribution in [2.45, 2.75) is 52.0 Å². The number of rotatable bonds is 7. The van der Waals surface area contributed by atoms with Gasteiger partial charge < -0.3 is 29.2 Å². The molecule has 0 unspecified atom stereocenters. The monoisotopic (exact) mass is 554 g/mol. The summed E-state index contributed by atoms with van der Waals surface area (Å²) in [6.07, 6.45) is 1.32. The molecule has 0 spiro atoms. The maximum Gasteiger partial charge on any atom is 0.489 e. The zero-order chi connectivity index (χ0) is 29.1. The number of fused-ring (bicyclic) bond motifs is 5. The summed E-state index contributed by atoms with van der Waals surface area (Å²) in [4.78, 5) is 42.2. The lowest BCUT2D eigenvalue weighted by molar-refractivity contribution is -0.172. The molecule has 1 atom stereocenters. The maximum atomic E-state index is 13.5. The molecule has 0 aliphatic carbocycles. The van der Waals surface area contributed by atoms with Gasteiger partial charge in [0.15, 0.2) is 5.60 Å². The van der Waals surface area contributed by atoms with Gasteiger partial charge in [-0.2, -0.15) is 0 Å². The number of aldehydes is 1. The highest BCUT2D eigenvalue weighted by atomic mass is 16.6. The van der Waals surface area contributed by atoms with E-state index in [9.17, 15) is 29.5 Å². The topological polar surface area (TPSA) is 148 Å². The van der Waals surface area contributed by atoms with Crippen molar-refractivity contribution < 1.29 is 34.2 Å². The van der Waals surface area contributed by atoms with E-state index in [1.54, 1.807) is 35.8 Å². The van der Waals surface area contributed by atoms with Gasteiger partial charge >= 0.3 is 13.1 Å². The number of hydrogen-bond donors (Lipinski definition) is 3. The average molecular weight is 554 g/mol. The predicted octanol–water partition coefficient (Wildman–Crippen LogP) is 1.71. The summed E-state index contributed by atoms with van der Waals surface area (Å²) in [5.74, 6) is -0.174. The fraction of sp³-hybridized carbons (Fsp3) is 0.267. The fourth-order valence-corrected chi connectivity index (χ4v) is 5.85. The zero-order valence-corrected chi connectivity index (χ0v) is 22.5. The molecule has 0 amide bonds. The molecule has 0 saturated heterocycles. The first-order valence-corrected chi connectivity index (χ1v) is 13.4. The third-order valence-electron chi connectivity index (χ3n) is 8.09. The summed E-state index contributed by atoms with van der Waals surface area (Å²) in [6.45, 7) is 3.98. The second-order valence-corrected chi connectivity index (χ2v) is 10.3. The molecular formula is C30H27BN2O8. The smallest absolute Gasteiger partial charge is 0.489 e. The van der Waals surface area contributed by atoms with Crippen molar-refractivity contribution >= 4 is 35.7 Å². The van der Waals surface area contributed by atoms with Gasteiger partial charge in [0.25, 0.3) is 5.56 Å². The highest BCUT2D eigenvalue weighted by molar-refractivity contribution is 6.60. The molecule has 41 heavy (non-hydrogen) atoms. The molecule has 2 aliphatic heterocycles. The Bertz CT molecular complexity index is 1820. The Morgan fingerprint density at radius 2 is 1.93 bits per heavy atom. The van der Waals surface area contributed by atoms with Crippen LogP contribution in [0.4, 0.5) is 0 Å². The molecule has 6 rings (SSSR count). The molecule has 4 aromatic rings. The van der Waals surface area contributed by atoms with Gasteiger partial charge in [0.2, 0.25) is 0 Å². The number of benzene rings is 2. The van der Waals surface area contributed by atoms with Gasteiger partial charge in [-0.25, -0.2) is 9.78 Å². The van der Waals surface area contributed by atoms with Gasteiger partial charge in [-0.3, -0.25) is 9.59 Å². The minimum absolute atomic E-state index is 0.0761. The Balaban J connectivity index is 1.38. The molecule has 11 heteroatoms. The number of aliphatic hydroxyl groups is 1. The quantitative estimate of drug-likeness (QED) is 0.155. The summed E-state index contributed by atoms with van der Waals surface area (Å²) in [5, 5.41) is 30.9. The molecule has 0 bridgehead atoms. The Hall–Kier alpha value is -4.32. The van der Waals surface area contributed by atoms with Crippen LogP contribution in [0.15, 0.2) is 47.3 Å². The number of aromatic nitrogens is 2. The molecule has 208 valence electrons. The van der Waals surface area contributed by atoms with Crippen LogP contribution in [0, 0.1) is 0 Å². The van der Waals surface area contributed by atoms with Crippen LogP contribution in [0.2, 0.25) is 0 Å². The Morgan fingerprint density at radius 1 is 1.12 bits per heavy atom. The van der Waals surface area contributed by atoms with Crippen LogP contribution in [0.5, 0.6) is 5.75 Å². The van der Waals surface area contributed by atoms with Crippen LogP contribution >= 0.6 is 0 Å². The first-order chi connectivity index (χ1) is 19.7. The number of ether oxygens (including phenoxy) is 2. The Labute approximate surface area is 235 Å². The van der Waals surface area contributed by atoms with Gasteiger partial charge in [-0.05, 0) is 59.8 Å². The average Bonchev–Trinajstić information content (AvgIpc) is 3.35. The number of carbonyl (C=O) groups is 2. The number of hydrogen-bond acceptors (Lipinski definition) is 9. The third kappa shape index (κ3) is 4.16. The summed E-state index contributed by atoms with van der Waals surface area (Å²) in [5.41, 5.74) is 3.19. The highest BCUT2D eigenvalue weighted by Crippen LogP contribution is 2.40. The van der Waals surface area contributed by atoms with E-state index in [1.165, 1.54) is 6.07 Å². The van der Waals surface area contributed by atoms with E-state index >= 15 is 0 Å². The summed E-state index contributed by atoms with van der Waals surface area (Å²) in [6, 6.07) is 11.9. The third-order valence-corrected chi connectivity index (χ3v) is 8.09. The standard InChI is InChI=1S/C30H27BN2O8/c1-3-19-20-10-18(40-14-16-5-7-24(31(38)39)17(9-16)13-34)6-8-25(20)32-27-21(19)12-33-26(27)11-23-22(28(33)35)15-41-29(36)30(23,37)4-2/h5-11,13,37-39H,3-4,12,14-15H2,1-2H3/t30-/m0/s1. The number of carbonyl (C=O) groups excluding carboxylic acids is 2. The van der Waals surface area contributed by atoms with Gasteiger partial charge in [-0.1, -0.05) is 26.0 Å².